The molecular formula is C13H18F3N3O4S. The van der Waals surface area contributed by atoms with Gasteiger partial charge in [0.15, 0.2) is 0 Å². The molecule has 0 amide bonds. The predicted octanol–water partition coefficient (Wildman–Crippen LogP) is 3.06. The molecule has 0 aliphatic carbocycles. The first-order valence-corrected chi connectivity index (χ1v) is 7.93. The summed E-state index contributed by atoms with van der Waals surface area (Å²) in [6.45, 7) is 0.274. The normalized spacial score (nSPS) is 13.4. The molecule has 0 N–H and O–H groups in total. The van der Waals surface area contributed by atoms with Crippen LogP contribution in [0.2, 0.25) is 0 Å². The van der Waals surface area contributed by atoms with Gasteiger partial charge in [-0.25, -0.2) is 8.67 Å². The molecule has 7 nitrogen and oxygen atoms in total. The van der Waals surface area contributed by atoms with Gasteiger partial charge in [-0.2, -0.15) is 13.2 Å². The van der Waals surface area contributed by atoms with Gasteiger partial charge in [-0.05, 0) is 12.1 Å². The Hall–Kier alpha value is -1.56. The first-order chi connectivity index (χ1) is 11.3. The number of rotatable bonds is 9. The average molecular weight is 369 g/mol. The molecule has 24 heavy (non-hydrogen) atoms. The number of hydrogen-bond donors (Lipinski definition) is 0. The maximum atomic E-state index is 13.4. The Morgan fingerprint density at radius 1 is 1.17 bits per heavy atom. The van der Waals surface area contributed by atoms with Crippen molar-refractivity contribution < 1.29 is 27.6 Å². The maximum Gasteiger partial charge on any atom is 0.466 e. The van der Waals surface area contributed by atoms with Crippen LogP contribution in [0.1, 0.15) is 0 Å². The molecule has 1 aromatic carbocycles. The van der Waals surface area contributed by atoms with Crippen molar-refractivity contribution in [1.82, 2.24) is 4.31 Å². The summed E-state index contributed by atoms with van der Waals surface area (Å²) in [6, 6.07) is 4.61. The van der Waals surface area contributed by atoms with Crippen LogP contribution in [0.3, 0.4) is 0 Å². The number of nitro groups is 1. The van der Waals surface area contributed by atoms with Crippen molar-refractivity contribution in [2.45, 2.75) is 5.51 Å². The van der Waals surface area contributed by atoms with Crippen LogP contribution in [0.5, 0.6) is 0 Å². The minimum atomic E-state index is -4.58. The molecule has 1 rings (SSSR count). The van der Waals surface area contributed by atoms with Crippen LogP contribution in [0.25, 0.3) is 0 Å². The van der Waals surface area contributed by atoms with Crippen molar-refractivity contribution in [2.75, 3.05) is 40.5 Å². The second-order valence-electron chi connectivity index (χ2n) is 4.49. The molecule has 0 radical (unpaired) electrons. The molecule has 0 fully saturated rings. The molecule has 0 aromatic heterocycles. The second kappa shape index (κ2) is 9.67. The summed E-state index contributed by atoms with van der Waals surface area (Å²) >= 11 is 0. The van der Waals surface area contributed by atoms with E-state index in [1.807, 2.05) is 0 Å². The summed E-state index contributed by atoms with van der Waals surface area (Å²) in [5, 5.41) is 10.6. The van der Waals surface area contributed by atoms with Crippen LogP contribution < -0.4 is 0 Å². The molecule has 0 heterocycles. The van der Waals surface area contributed by atoms with Gasteiger partial charge in [0.25, 0.3) is 5.69 Å². The van der Waals surface area contributed by atoms with E-state index >= 15 is 0 Å². The van der Waals surface area contributed by atoms with E-state index in [-0.39, 0.29) is 37.7 Å². The van der Waals surface area contributed by atoms with Crippen molar-refractivity contribution in [3.05, 3.63) is 34.4 Å². The van der Waals surface area contributed by atoms with Gasteiger partial charge >= 0.3 is 5.51 Å². The zero-order chi connectivity index (χ0) is 18.2. The lowest BCUT2D eigenvalue weighted by Gasteiger charge is -2.25. The van der Waals surface area contributed by atoms with E-state index in [2.05, 4.69) is 4.36 Å². The van der Waals surface area contributed by atoms with Gasteiger partial charge in [0.1, 0.15) is 0 Å². The monoisotopic (exact) mass is 369 g/mol. The van der Waals surface area contributed by atoms with E-state index < -0.39 is 21.3 Å². The number of ether oxygens (including phenoxy) is 2. The Bertz CT molecular complexity index is 559. The van der Waals surface area contributed by atoms with Gasteiger partial charge in [0.05, 0.1) is 34.7 Å². The molecule has 1 aromatic rings. The van der Waals surface area contributed by atoms with Crippen molar-refractivity contribution in [2.24, 2.45) is 4.36 Å². The van der Waals surface area contributed by atoms with Crippen LogP contribution >= 0.6 is 0 Å². The fraction of sp³-hybridized carbons (Fsp3) is 0.538. The summed E-state index contributed by atoms with van der Waals surface area (Å²) in [4.78, 5) is 9.97. The third kappa shape index (κ3) is 6.51. The highest BCUT2D eigenvalue weighted by Crippen LogP contribution is 2.29. The first-order valence-electron chi connectivity index (χ1n) is 6.80. The van der Waals surface area contributed by atoms with Crippen molar-refractivity contribution in [3.63, 3.8) is 0 Å². The highest BCUT2D eigenvalue weighted by molar-refractivity contribution is 7.86. The highest BCUT2D eigenvalue weighted by atomic mass is 32.2. The number of benzene rings is 1. The van der Waals surface area contributed by atoms with Crippen LogP contribution in [-0.2, 0) is 20.4 Å². The summed E-state index contributed by atoms with van der Waals surface area (Å²) in [7, 11) is 0.371. The van der Waals surface area contributed by atoms with E-state index in [1.165, 1.54) is 26.4 Å². The first kappa shape index (κ1) is 20.5. The summed E-state index contributed by atoms with van der Waals surface area (Å²) < 4.78 is 54.8. The minimum Gasteiger partial charge on any atom is -0.383 e. The fourth-order valence-corrected chi connectivity index (χ4v) is 2.99. The lowest BCUT2D eigenvalue weighted by molar-refractivity contribution is -0.384. The van der Waals surface area contributed by atoms with Crippen molar-refractivity contribution >= 4 is 22.3 Å². The largest absolute Gasteiger partial charge is 0.466 e. The van der Waals surface area contributed by atoms with E-state index in [0.717, 1.165) is 16.4 Å². The summed E-state index contributed by atoms with van der Waals surface area (Å²) in [5.41, 5.74) is -4.78. The van der Waals surface area contributed by atoms with Gasteiger partial charge in [-0.15, -0.1) is 0 Å². The molecule has 0 aliphatic rings. The summed E-state index contributed by atoms with van der Waals surface area (Å²) in [6.07, 6.45) is 0. The molecule has 0 saturated heterocycles. The van der Waals surface area contributed by atoms with Crippen LogP contribution in [-0.4, -0.2) is 55.3 Å². The standard InChI is InChI=1S/C13H18F3N3O4S/c1-22-9-7-18(8-10-23-2)24(13(14,15)16)17-11-3-5-12(6-4-11)19(20)21/h3-6H,7-10H2,1-2H3. The third-order valence-corrected chi connectivity index (χ3v) is 4.45. The molecule has 0 bridgehead atoms. The Kier molecular flexibility index (Phi) is 8.25. The maximum absolute atomic E-state index is 13.4. The fourth-order valence-electron chi connectivity index (χ4n) is 1.66. The number of alkyl halides is 3. The van der Waals surface area contributed by atoms with Gasteiger partial charge in [0.2, 0.25) is 0 Å². The van der Waals surface area contributed by atoms with Gasteiger partial charge < -0.3 is 9.47 Å². The second-order valence-corrected chi connectivity index (χ2v) is 6.18. The summed E-state index contributed by atoms with van der Waals surface area (Å²) in [5.74, 6) is 0. The van der Waals surface area contributed by atoms with Gasteiger partial charge in [-0.1, -0.05) is 0 Å². The number of methoxy groups -OCH3 is 2. The quantitative estimate of drug-likeness (QED) is 0.494. The number of nitrogens with zero attached hydrogens (tertiary/aromatic N) is 3. The molecule has 0 spiro atoms. The van der Waals surface area contributed by atoms with Gasteiger partial charge in [-0.3, -0.25) is 10.1 Å². The highest BCUT2D eigenvalue weighted by Gasteiger charge is 2.38. The molecule has 1 atom stereocenters. The van der Waals surface area contributed by atoms with Crippen LogP contribution in [0.4, 0.5) is 24.5 Å². The number of nitro benzene ring substituents is 1. The Labute approximate surface area is 139 Å². The van der Waals surface area contributed by atoms with Crippen LogP contribution in [0, 0.1) is 10.1 Å². The lowest BCUT2D eigenvalue weighted by Crippen LogP contribution is -2.39. The van der Waals surface area contributed by atoms with E-state index in [1.54, 1.807) is 0 Å². The minimum absolute atomic E-state index is 0.0149. The third-order valence-electron chi connectivity index (χ3n) is 2.79. The van der Waals surface area contributed by atoms with Crippen molar-refractivity contribution in [3.8, 4) is 0 Å². The van der Waals surface area contributed by atoms with E-state index in [4.69, 9.17) is 9.47 Å². The Balaban J connectivity index is 3.14. The molecule has 136 valence electrons. The lowest BCUT2D eigenvalue weighted by atomic mass is 10.3. The van der Waals surface area contributed by atoms with E-state index in [0.29, 0.717) is 0 Å². The molecular weight excluding hydrogens is 351 g/mol. The van der Waals surface area contributed by atoms with Crippen molar-refractivity contribution in [1.29, 1.82) is 0 Å². The van der Waals surface area contributed by atoms with Crippen LogP contribution in [0.15, 0.2) is 28.6 Å². The number of non-ortho nitro benzene ring substituents is 1. The van der Waals surface area contributed by atoms with Gasteiger partial charge in [0, 0.05) is 39.4 Å². The number of hydrogen-bond acceptors (Lipinski definition) is 5. The molecule has 0 aliphatic heterocycles. The molecule has 1 unspecified atom stereocenters. The predicted molar refractivity (Wildman–Crippen MR) is 83.9 cm³/mol. The van der Waals surface area contributed by atoms with E-state index in [9.17, 15) is 23.3 Å². The smallest absolute Gasteiger partial charge is 0.383 e. The zero-order valence-corrected chi connectivity index (χ0v) is 14.0. The zero-order valence-electron chi connectivity index (χ0n) is 13.2. The molecule has 11 heteroatoms. The topological polar surface area (TPSA) is 77.2 Å². The Morgan fingerprint density at radius 2 is 1.67 bits per heavy atom. The molecule has 0 saturated carbocycles. The SMILES string of the molecule is COCCN(CCOC)S(=Nc1ccc([N+](=O)[O-])cc1)C(F)(F)F. The number of halogens is 3. The Morgan fingerprint density at radius 3 is 2.04 bits per heavy atom. The average Bonchev–Trinajstić information content (AvgIpc) is 2.53.